The molecule has 104 valence electrons. The Balaban J connectivity index is 1.88. The van der Waals surface area contributed by atoms with E-state index in [1.165, 1.54) is 12.8 Å². The Labute approximate surface area is 114 Å². The van der Waals surface area contributed by atoms with Gasteiger partial charge < -0.3 is 15.6 Å². The van der Waals surface area contributed by atoms with Crippen molar-refractivity contribution < 1.29 is 4.79 Å². The maximum atomic E-state index is 12.1. The fourth-order valence-corrected chi connectivity index (χ4v) is 2.11. The van der Waals surface area contributed by atoms with Gasteiger partial charge in [0.2, 0.25) is 0 Å². The van der Waals surface area contributed by atoms with Gasteiger partial charge in [-0.15, -0.1) is 0 Å². The number of anilines is 1. The van der Waals surface area contributed by atoms with Crippen LogP contribution in [0.25, 0.3) is 0 Å². The van der Waals surface area contributed by atoms with Crippen molar-refractivity contribution in [1.82, 2.24) is 10.2 Å². The van der Waals surface area contributed by atoms with Crippen molar-refractivity contribution in [2.45, 2.75) is 25.8 Å². The molecule has 0 unspecified atom stereocenters. The number of nitrogens with two attached hydrogens (primary N) is 1. The third-order valence-corrected chi connectivity index (χ3v) is 3.50. The van der Waals surface area contributed by atoms with Gasteiger partial charge in [0.1, 0.15) is 0 Å². The lowest BCUT2D eigenvalue weighted by molar-refractivity contribution is 0.0950. The van der Waals surface area contributed by atoms with Gasteiger partial charge in [0.15, 0.2) is 0 Å². The van der Waals surface area contributed by atoms with E-state index in [0.717, 1.165) is 18.2 Å². The minimum absolute atomic E-state index is 0.0860. The van der Waals surface area contributed by atoms with E-state index in [9.17, 15) is 4.79 Å². The normalized spacial score (nSPS) is 14.5. The minimum atomic E-state index is -0.0860. The van der Waals surface area contributed by atoms with Gasteiger partial charge in [-0.2, -0.15) is 0 Å². The van der Waals surface area contributed by atoms with Crippen LogP contribution in [0.3, 0.4) is 0 Å². The van der Waals surface area contributed by atoms with Gasteiger partial charge >= 0.3 is 0 Å². The molecule has 0 radical (unpaired) electrons. The molecule has 5 nitrogen and oxygen atoms in total. The van der Waals surface area contributed by atoms with Crippen molar-refractivity contribution in [2.75, 3.05) is 25.6 Å². The smallest absolute Gasteiger partial charge is 0.253 e. The van der Waals surface area contributed by atoms with E-state index >= 15 is 0 Å². The zero-order valence-corrected chi connectivity index (χ0v) is 11.6. The second-order valence-corrected chi connectivity index (χ2v) is 5.16. The first-order chi connectivity index (χ1) is 9.11. The van der Waals surface area contributed by atoms with Gasteiger partial charge in [-0.25, -0.2) is 0 Å². The molecule has 5 heteroatoms. The highest BCUT2D eigenvalue weighted by Gasteiger charge is 2.25. The highest BCUT2D eigenvalue weighted by molar-refractivity contribution is 5.99. The fraction of sp³-hybridized carbons (Fsp3) is 0.500. The largest absolute Gasteiger partial charge is 0.351 e. The highest BCUT2D eigenvalue weighted by Crippen LogP contribution is 2.24. The van der Waals surface area contributed by atoms with E-state index in [1.807, 2.05) is 19.1 Å². The summed E-state index contributed by atoms with van der Waals surface area (Å²) in [4.78, 5) is 14.4. The number of nitrogen functional groups attached to an aromatic ring is 1. The first kappa shape index (κ1) is 13.8. The van der Waals surface area contributed by atoms with Gasteiger partial charge in [0.25, 0.3) is 5.91 Å². The van der Waals surface area contributed by atoms with Crippen molar-refractivity contribution in [3.8, 4) is 0 Å². The lowest BCUT2D eigenvalue weighted by Crippen LogP contribution is -2.34. The molecule has 1 aromatic rings. The number of nitrogens with zero attached hydrogens (tertiary/aromatic N) is 1. The maximum Gasteiger partial charge on any atom is 0.253 e. The van der Waals surface area contributed by atoms with Crippen LogP contribution >= 0.6 is 0 Å². The van der Waals surface area contributed by atoms with E-state index in [0.29, 0.717) is 17.8 Å². The SMILES string of the molecule is Cc1ccc(C(=O)NCCN(C)C2CC2)c(NN)c1. The number of likely N-dealkylation sites (N-methyl/N-ethyl adjacent to an activating group) is 1. The number of nitrogens with one attached hydrogen (secondary N) is 2. The standard InChI is InChI=1S/C14H22N4O/c1-10-3-6-12(13(9-10)17-15)14(19)16-7-8-18(2)11-4-5-11/h3,6,9,11,17H,4-5,7-8,15H2,1-2H3,(H,16,19). The van der Waals surface area contributed by atoms with Crippen LogP contribution in [0.2, 0.25) is 0 Å². The van der Waals surface area contributed by atoms with Crippen molar-refractivity contribution in [3.63, 3.8) is 0 Å². The van der Waals surface area contributed by atoms with Gasteiger partial charge in [0, 0.05) is 19.1 Å². The van der Waals surface area contributed by atoms with E-state index < -0.39 is 0 Å². The van der Waals surface area contributed by atoms with Crippen LogP contribution in [0.4, 0.5) is 5.69 Å². The molecule has 4 N–H and O–H groups in total. The number of amides is 1. The summed E-state index contributed by atoms with van der Waals surface area (Å²) in [6, 6.07) is 6.29. The Morgan fingerprint density at radius 2 is 2.21 bits per heavy atom. The molecule has 0 bridgehead atoms. The summed E-state index contributed by atoms with van der Waals surface area (Å²) in [6.45, 7) is 3.50. The molecule has 0 aliphatic heterocycles. The van der Waals surface area contributed by atoms with E-state index in [-0.39, 0.29) is 5.91 Å². The Bertz CT molecular complexity index is 457. The second kappa shape index (κ2) is 6.04. The third-order valence-electron chi connectivity index (χ3n) is 3.50. The molecule has 0 saturated heterocycles. The molecule has 1 aromatic carbocycles. The first-order valence-electron chi connectivity index (χ1n) is 6.67. The molecular formula is C14H22N4O. The molecular weight excluding hydrogens is 240 g/mol. The summed E-state index contributed by atoms with van der Waals surface area (Å²) in [5.74, 6) is 5.36. The van der Waals surface area contributed by atoms with Crippen LogP contribution < -0.4 is 16.6 Å². The van der Waals surface area contributed by atoms with E-state index in [4.69, 9.17) is 5.84 Å². The molecule has 0 spiro atoms. The maximum absolute atomic E-state index is 12.1. The Morgan fingerprint density at radius 1 is 1.47 bits per heavy atom. The summed E-state index contributed by atoms with van der Waals surface area (Å²) >= 11 is 0. The molecule has 0 heterocycles. The van der Waals surface area contributed by atoms with Crippen molar-refractivity contribution >= 4 is 11.6 Å². The van der Waals surface area contributed by atoms with Crippen molar-refractivity contribution in [2.24, 2.45) is 5.84 Å². The molecule has 0 atom stereocenters. The molecule has 1 amide bonds. The van der Waals surface area contributed by atoms with Crippen LogP contribution in [0.5, 0.6) is 0 Å². The zero-order chi connectivity index (χ0) is 13.8. The van der Waals surface area contributed by atoms with Crippen LogP contribution in [-0.2, 0) is 0 Å². The van der Waals surface area contributed by atoms with Crippen LogP contribution in [0, 0.1) is 6.92 Å². The fourth-order valence-electron chi connectivity index (χ4n) is 2.11. The number of hydrazine groups is 1. The molecule has 1 aliphatic rings. The molecule has 2 rings (SSSR count). The lowest BCUT2D eigenvalue weighted by atomic mass is 10.1. The van der Waals surface area contributed by atoms with Crippen molar-refractivity contribution in [1.29, 1.82) is 0 Å². The number of aryl methyl sites for hydroxylation is 1. The Hall–Kier alpha value is -1.59. The number of benzene rings is 1. The van der Waals surface area contributed by atoms with Gasteiger partial charge in [-0.3, -0.25) is 10.6 Å². The zero-order valence-electron chi connectivity index (χ0n) is 11.6. The van der Waals surface area contributed by atoms with Crippen molar-refractivity contribution in [3.05, 3.63) is 29.3 Å². The molecule has 19 heavy (non-hydrogen) atoms. The monoisotopic (exact) mass is 262 g/mol. The summed E-state index contributed by atoms with van der Waals surface area (Å²) in [5, 5.41) is 2.93. The summed E-state index contributed by atoms with van der Waals surface area (Å²) in [5.41, 5.74) is 4.89. The van der Waals surface area contributed by atoms with Crippen LogP contribution in [0.15, 0.2) is 18.2 Å². The number of carbonyl (C=O) groups excluding carboxylic acids is 1. The average Bonchev–Trinajstić information content (AvgIpc) is 3.22. The summed E-state index contributed by atoms with van der Waals surface area (Å²) in [6.07, 6.45) is 2.56. The number of carbonyl (C=O) groups is 1. The molecule has 0 aromatic heterocycles. The summed E-state index contributed by atoms with van der Waals surface area (Å²) < 4.78 is 0. The number of hydrogen-bond donors (Lipinski definition) is 3. The summed E-state index contributed by atoms with van der Waals surface area (Å²) in [7, 11) is 2.10. The predicted molar refractivity (Wildman–Crippen MR) is 77.0 cm³/mol. The second-order valence-electron chi connectivity index (χ2n) is 5.16. The Morgan fingerprint density at radius 3 is 2.84 bits per heavy atom. The Kier molecular flexibility index (Phi) is 4.39. The van der Waals surface area contributed by atoms with Gasteiger partial charge in [-0.05, 0) is 44.5 Å². The van der Waals surface area contributed by atoms with Gasteiger partial charge in [0.05, 0.1) is 11.3 Å². The highest BCUT2D eigenvalue weighted by atomic mass is 16.1. The van der Waals surface area contributed by atoms with E-state index in [2.05, 4.69) is 22.7 Å². The lowest BCUT2D eigenvalue weighted by Gasteiger charge is -2.16. The molecule has 1 aliphatic carbocycles. The number of rotatable bonds is 6. The predicted octanol–water partition coefficient (Wildman–Crippen LogP) is 1.10. The number of hydrogen-bond acceptors (Lipinski definition) is 4. The van der Waals surface area contributed by atoms with E-state index in [1.54, 1.807) is 6.07 Å². The quantitative estimate of drug-likeness (QED) is 0.530. The van der Waals surface area contributed by atoms with Gasteiger partial charge in [-0.1, -0.05) is 6.07 Å². The minimum Gasteiger partial charge on any atom is -0.351 e. The topological polar surface area (TPSA) is 70.4 Å². The van der Waals surface area contributed by atoms with Crippen LogP contribution in [0.1, 0.15) is 28.8 Å². The first-order valence-corrected chi connectivity index (χ1v) is 6.67. The molecule has 1 fully saturated rings. The van der Waals surface area contributed by atoms with Crippen LogP contribution in [-0.4, -0.2) is 37.0 Å². The third kappa shape index (κ3) is 3.68. The average molecular weight is 262 g/mol. The molecule has 1 saturated carbocycles.